The molecule has 17 heavy (non-hydrogen) atoms. The molecule has 0 radical (unpaired) electrons. The number of aliphatic hydroxyl groups is 1. The minimum absolute atomic E-state index is 0.0452. The maximum Gasteiger partial charge on any atom is 0.0784 e. The molecule has 1 aliphatic heterocycles. The average molecular weight is 258 g/mol. The Balaban J connectivity index is 2.29. The fourth-order valence-electron chi connectivity index (χ4n) is 2.22. The first kappa shape index (κ1) is 14.9. The summed E-state index contributed by atoms with van der Waals surface area (Å²) in [6.07, 6.45) is 3.06. The zero-order valence-corrected chi connectivity index (χ0v) is 12.1. The first-order valence-corrected chi connectivity index (χ1v) is 6.94. The van der Waals surface area contributed by atoms with Gasteiger partial charge in [0.15, 0.2) is 0 Å². The minimum Gasteiger partial charge on any atom is -0.393 e. The van der Waals surface area contributed by atoms with Gasteiger partial charge >= 0.3 is 0 Å². The average Bonchev–Trinajstić information content (AvgIpc) is 2.27. The Morgan fingerprint density at radius 2 is 2.00 bits per heavy atom. The van der Waals surface area contributed by atoms with E-state index in [9.17, 15) is 5.11 Å². The number of hydrogen-bond donors (Lipinski definition) is 2. The van der Waals surface area contributed by atoms with Gasteiger partial charge in [-0.1, -0.05) is 26.1 Å². The molecule has 1 rings (SSSR count). The number of nitrogens with zero attached hydrogens (tertiary/aromatic N) is 1. The first-order chi connectivity index (χ1) is 7.83. The quantitative estimate of drug-likeness (QED) is 0.738. The van der Waals surface area contributed by atoms with Crippen LogP contribution in [0.2, 0.25) is 0 Å². The molecule has 0 aliphatic carbocycles. The molecular formula is C13H26N2OS. The van der Waals surface area contributed by atoms with Crippen molar-refractivity contribution in [2.75, 3.05) is 19.6 Å². The summed E-state index contributed by atoms with van der Waals surface area (Å²) in [7, 11) is 0. The van der Waals surface area contributed by atoms with Crippen LogP contribution in [0.25, 0.3) is 0 Å². The maximum atomic E-state index is 9.54. The van der Waals surface area contributed by atoms with Gasteiger partial charge in [0.1, 0.15) is 0 Å². The van der Waals surface area contributed by atoms with Crippen molar-refractivity contribution in [3.8, 4) is 0 Å². The lowest BCUT2D eigenvalue weighted by Crippen LogP contribution is -2.40. The van der Waals surface area contributed by atoms with E-state index in [0.717, 1.165) is 38.9 Å². The highest BCUT2D eigenvalue weighted by Gasteiger charge is 2.26. The highest BCUT2D eigenvalue weighted by molar-refractivity contribution is 7.80. The van der Waals surface area contributed by atoms with E-state index >= 15 is 0 Å². The summed E-state index contributed by atoms with van der Waals surface area (Å²) in [6.45, 7) is 9.34. The standard InChI is InChI=1S/C13H26N2OS/c1-10(16)11-4-7-15(8-5-11)9-6-13(2,3)12(14)17/h10-11,16H,4-9H2,1-3H3,(H2,14,17). The van der Waals surface area contributed by atoms with Crippen molar-refractivity contribution in [1.29, 1.82) is 0 Å². The molecule has 0 saturated carbocycles. The van der Waals surface area contributed by atoms with Crippen LogP contribution in [0, 0.1) is 11.3 Å². The lowest BCUT2D eigenvalue weighted by Gasteiger charge is -2.35. The second-order valence-electron chi connectivity index (χ2n) is 5.92. The van der Waals surface area contributed by atoms with Gasteiger partial charge in [-0.2, -0.15) is 0 Å². The van der Waals surface area contributed by atoms with Gasteiger partial charge in [-0.05, 0) is 51.7 Å². The molecule has 0 aromatic heterocycles. The molecule has 3 nitrogen and oxygen atoms in total. The molecular weight excluding hydrogens is 232 g/mol. The van der Waals surface area contributed by atoms with E-state index in [1.807, 2.05) is 6.92 Å². The Hall–Kier alpha value is -0.190. The lowest BCUT2D eigenvalue weighted by atomic mass is 9.88. The number of thiocarbonyl (C=S) groups is 1. The van der Waals surface area contributed by atoms with Gasteiger partial charge in [0.2, 0.25) is 0 Å². The van der Waals surface area contributed by atoms with Crippen LogP contribution < -0.4 is 5.73 Å². The molecule has 0 amide bonds. The van der Waals surface area contributed by atoms with E-state index in [0.29, 0.717) is 10.9 Å². The Morgan fingerprint density at radius 3 is 2.41 bits per heavy atom. The molecule has 0 spiro atoms. The van der Waals surface area contributed by atoms with E-state index in [-0.39, 0.29) is 11.5 Å². The number of likely N-dealkylation sites (tertiary alicyclic amines) is 1. The van der Waals surface area contributed by atoms with Gasteiger partial charge in [0.25, 0.3) is 0 Å². The molecule has 0 aromatic carbocycles. The van der Waals surface area contributed by atoms with E-state index in [1.165, 1.54) is 0 Å². The molecule has 0 bridgehead atoms. The maximum absolute atomic E-state index is 9.54. The summed E-state index contributed by atoms with van der Waals surface area (Å²) in [5.74, 6) is 0.481. The molecule has 1 heterocycles. The molecule has 0 aromatic rings. The predicted octanol–water partition coefficient (Wildman–Crippen LogP) is 1.78. The topological polar surface area (TPSA) is 49.5 Å². The van der Waals surface area contributed by atoms with E-state index in [4.69, 9.17) is 18.0 Å². The number of rotatable bonds is 5. The van der Waals surface area contributed by atoms with Crippen molar-refractivity contribution in [2.45, 2.75) is 46.1 Å². The Labute approximate surface area is 110 Å². The Kier molecular flexibility index (Phi) is 5.35. The van der Waals surface area contributed by atoms with Gasteiger partial charge in [-0.25, -0.2) is 0 Å². The summed E-state index contributed by atoms with van der Waals surface area (Å²) in [6, 6.07) is 0. The molecule has 100 valence electrons. The zero-order chi connectivity index (χ0) is 13.1. The number of aliphatic hydroxyl groups excluding tert-OH is 1. The van der Waals surface area contributed by atoms with Crippen molar-refractivity contribution in [3.63, 3.8) is 0 Å². The van der Waals surface area contributed by atoms with Crippen molar-refractivity contribution >= 4 is 17.2 Å². The van der Waals surface area contributed by atoms with Crippen LogP contribution in [-0.2, 0) is 0 Å². The number of hydrogen-bond acceptors (Lipinski definition) is 3. The van der Waals surface area contributed by atoms with Gasteiger partial charge in [-0.15, -0.1) is 0 Å². The highest BCUT2D eigenvalue weighted by Crippen LogP contribution is 2.24. The number of nitrogens with two attached hydrogens (primary N) is 1. The largest absolute Gasteiger partial charge is 0.393 e. The van der Waals surface area contributed by atoms with Gasteiger partial charge < -0.3 is 15.7 Å². The third-order valence-electron chi connectivity index (χ3n) is 4.03. The van der Waals surface area contributed by atoms with Crippen LogP contribution >= 0.6 is 12.2 Å². The van der Waals surface area contributed by atoms with Crippen LogP contribution in [0.3, 0.4) is 0 Å². The van der Waals surface area contributed by atoms with Crippen LogP contribution in [0.1, 0.15) is 40.0 Å². The predicted molar refractivity (Wildman–Crippen MR) is 76.0 cm³/mol. The second kappa shape index (κ2) is 6.12. The minimum atomic E-state index is -0.162. The zero-order valence-electron chi connectivity index (χ0n) is 11.3. The molecule has 1 unspecified atom stereocenters. The third kappa shape index (κ3) is 4.53. The van der Waals surface area contributed by atoms with Gasteiger partial charge in [0.05, 0.1) is 11.1 Å². The van der Waals surface area contributed by atoms with Crippen molar-refractivity contribution < 1.29 is 5.11 Å². The van der Waals surface area contributed by atoms with Gasteiger partial charge in [-0.3, -0.25) is 0 Å². The van der Waals surface area contributed by atoms with Crippen molar-refractivity contribution in [1.82, 2.24) is 4.90 Å². The normalized spacial score (nSPS) is 21.4. The molecule has 1 saturated heterocycles. The summed E-state index contributed by atoms with van der Waals surface area (Å²) in [4.78, 5) is 3.06. The Morgan fingerprint density at radius 1 is 1.47 bits per heavy atom. The smallest absolute Gasteiger partial charge is 0.0784 e. The lowest BCUT2D eigenvalue weighted by molar-refractivity contribution is 0.0695. The van der Waals surface area contributed by atoms with E-state index < -0.39 is 0 Å². The van der Waals surface area contributed by atoms with E-state index in [1.54, 1.807) is 0 Å². The number of piperidine rings is 1. The molecule has 1 fully saturated rings. The molecule has 4 heteroatoms. The monoisotopic (exact) mass is 258 g/mol. The highest BCUT2D eigenvalue weighted by atomic mass is 32.1. The van der Waals surface area contributed by atoms with E-state index in [2.05, 4.69) is 18.7 Å². The van der Waals surface area contributed by atoms with Crippen LogP contribution in [0.15, 0.2) is 0 Å². The Bertz CT molecular complexity index is 258. The molecule has 1 aliphatic rings. The second-order valence-corrected chi connectivity index (χ2v) is 6.36. The summed E-state index contributed by atoms with van der Waals surface area (Å²) in [5, 5.41) is 9.54. The fourth-order valence-corrected chi connectivity index (χ4v) is 2.32. The summed E-state index contributed by atoms with van der Waals surface area (Å²) >= 11 is 5.08. The van der Waals surface area contributed by atoms with Crippen molar-refractivity contribution in [2.24, 2.45) is 17.1 Å². The molecule has 1 atom stereocenters. The van der Waals surface area contributed by atoms with Crippen LogP contribution in [0.5, 0.6) is 0 Å². The van der Waals surface area contributed by atoms with Crippen LogP contribution in [0.4, 0.5) is 0 Å². The summed E-state index contributed by atoms with van der Waals surface area (Å²) in [5.41, 5.74) is 5.68. The van der Waals surface area contributed by atoms with Crippen LogP contribution in [-0.4, -0.2) is 40.7 Å². The summed E-state index contributed by atoms with van der Waals surface area (Å²) < 4.78 is 0. The first-order valence-electron chi connectivity index (χ1n) is 6.53. The van der Waals surface area contributed by atoms with Gasteiger partial charge in [0, 0.05) is 5.41 Å². The van der Waals surface area contributed by atoms with Crippen molar-refractivity contribution in [3.05, 3.63) is 0 Å². The molecule has 3 N–H and O–H groups in total. The fraction of sp³-hybridized carbons (Fsp3) is 0.923. The third-order valence-corrected chi connectivity index (χ3v) is 4.59. The SMILES string of the molecule is CC(O)C1CCN(CCC(C)(C)C(N)=S)CC1.